The van der Waals surface area contributed by atoms with Gasteiger partial charge in [0.2, 0.25) is 5.91 Å². The summed E-state index contributed by atoms with van der Waals surface area (Å²) >= 11 is 0. The van der Waals surface area contributed by atoms with Gasteiger partial charge in [-0.25, -0.2) is 0 Å². The second kappa shape index (κ2) is 8.16. The topological polar surface area (TPSA) is 55.1 Å². The molecule has 2 aliphatic rings. The van der Waals surface area contributed by atoms with Crippen LogP contribution in [0.1, 0.15) is 56.9 Å². The molecule has 0 bridgehead atoms. The van der Waals surface area contributed by atoms with Crippen LogP contribution in [-0.4, -0.2) is 18.5 Å². The van der Waals surface area contributed by atoms with Crippen molar-refractivity contribution in [2.24, 2.45) is 11.7 Å². The molecule has 3 nitrogen and oxygen atoms in total. The van der Waals surface area contributed by atoms with Crippen molar-refractivity contribution in [3.8, 4) is 0 Å². The summed E-state index contributed by atoms with van der Waals surface area (Å²) in [5, 5.41) is 3.26. The predicted molar refractivity (Wildman–Crippen MR) is 96.8 cm³/mol. The summed E-state index contributed by atoms with van der Waals surface area (Å²) in [6.45, 7) is 0.779. The van der Waals surface area contributed by atoms with Crippen LogP contribution in [0.5, 0.6) is 0 Å². The molecular formula is C19H29ClN2O. The van der Waals surface area contributed by atoms with Crippen LogP contribution in [0.4, 0.5) is 0 Å². The quantitative estimate of drug-likeness (QED) is 0.883. The summed E-state index contributed by atoms with van der Waals surface area (Å²) in [6, 6.07) is 10.9. The fourth-order valence-corrected chi connectivity index (χ4v) is 4.28. The standard InChI is InChI=1S/C19H28N2O.ClH/c20-17-10-6-7-15(13-17)18(22)21-14-19(11-4-5-12-19)16-8-2-1-3-9-16;/h1-3,8-9,15,17H,4-7,10-14,20H2,(H,21,22);1H. The maximum absolute atomic E-state index is 12.5. The van der Waals surface area contributed by atoms with Gasteiger partial charge in [0.05, 0.1) is 0 Å². The van der Waals surface area contributed by atoms with Gasteiger partial charge in [-0.15, -0.1) is 12.4 Å². The number of carbonyl (C=O) groups is 1. The number of hydrogen-bond acceptors (Lipinski definition) is 2. The van der Waals surface area contributed by atoms with Crippen LogP contribution in [-0.2, 0) is 10.2 Å². The molecule has 2 unspecified atom stereocenters. The number of nitrogens with two attached hydrogens (primary N) is 1. The molecule has 2 atom stereocenters. The van der Waals surface area contributed by atoms with Crippen molar-refractivity contribution in [1.82, 2.24) is 5.32 Å². The Morgan fingerprint density at radius 1 is 1.13 bits per heavy atom. The molecule has 0 aromatic heterocycles. The summed E-state index contributed by atoms with van der Waals surface area (Å²) in [7, 11) is 0. The van der Waals surface area contributed by atoms with Crippen molar-refractivity contribution >= 4 is 18.3 Å². The van der Waals surface area contributed by atoms with E-state index in [9.17, 15) is 4.79 Å². The Bertz CT molecular complexity index is 499. The minimum Gasteiger partial charge on any atom is -0.355 e. The second-order valence-electron chi connectivity index (χ2n) is 7.19. The molecule has 2 aliphatic carbocycles. The number of benzene rings is 1. The average molecular weight is 337 g/mol. The monoisotopic (exact) mass is 336 g/mol. The van der Waals surface area contributed by atoms with Gasteiger partial charge in [0.1, 0.15) is 0 Å². The summed E-state index contributed by atoms with van der Waals surface area (Å²) < 4.78 is 0. The molecule has 1 aromatic rings. The first kappa shape index (κ1) is 18.3. The van der Waals surface area contributed by atoms with Crippen LogP contribution < -0.4 is 11.1 Å². The minimum absolute atomic E-state index is 0. The van der Waals surface area contributed by atoms with Gasteiger partial charge >= 0.3 is 0 Å². The Morgan fingerprint density at radius 3 is 2.48 bits per heavy atom. The third kappa shape index (κ3) is 4.27. The molecule has 128 valence electrons. The fraction of sp³-hybridized carbons (Fsp3) is 0.632. The summed E-state index contributed by atoms with van der Waals surface area (Å²) in [5.74, 6) is 0.343. The Labute approximate surface area is 145 Å². The fourth-order valence-electron chi connectivity index (χ4n) is 4.28. The number of nitrogens with one attached hydrogen (secondary N) is 1. The Morgan fingerprint density at radius 2 is 1.83 bits per heavy atom. The maximum Gasteiger partial charge on any atom is 0.223 e. The van der Waals surface area contributed by atoms with E-state index in [4.69, 9.17) is 5.73 Å². The van der Waals surface area contributed by atoms with Crippen LogP contribution in [0.25, 0.3) is 0 Å². The van der Waals surface area contributed by atoms with Gasteiger partial charge in [0, 0.05) is 23.9 Å². The lowest BCUT2D eigenvalue weighted by Gasteiger charge is -2.32. The van der Waals surface area contributed by atoms with E-state index in [0.29, 0.717) is 0 Å². The first-order valence-corrected chi connectivity index (χ1v) is 8.78. The number of amides is 1. The van der Waals surface area contributed by atoms with Crippen molar-refractivity contribution in [3.05, 3.63) is 35.9 Å². The average Bonchev–Trinajstić information content (AvgIpc) is 3.04. The molecular weight excluding hydrogens is 308 g/mol. The Kier molecular flexibility index (Phi) is 6.49. The van der Waals surface area contributed by atoms with E-state index in [1.807, 2.05) is 0 Å². The van der Waals surface area contributed by atoms with Crippen molar-refractivity contribution in [1.29, 1.82) is 0 Å². The summed E-state index contributed by atoms with van der Waals surface area (Å²) in [4.78, 5) is 12.5. The Hall–Kier alpha value is -1.06. The predicted octanol–water partition coefficient (Wildman–Crippen LogP) is 3.55. The summed E-state index contributed by atoms with van der Waals surface area (Å²) in [6.07, 6.45) is 8.89. The molecule has 3 N–H and O–H groups in total. The highest BCUT2D eigenvalue weighted by atomic mass is 35.5. The highest BCUT2D eigenvalue weighted by Gasteiger charge is 2.36. The van der Waals surface area contributed by atoms with E-state index in [0.717, 1.165) is 32.2 Å². The van der Waals surface area contributed by atoms with E-state index in [-0.39, 0.29) is 35.7 Å². The summed E-state index contributed by atoms with van der Waals surface area (Å²) in [5.41, 5.74) is 7.55. The van der Waals surface area contributed by atoms with E-state index < -0.39 is 0 Å². The van der Waals surface area contributed by atoms with Gasteiger partial charge in [0.15, 0.2) is 0 Å². The van der Waals surface area contributed by atoms with Crippen molar-refractivity contribution in [2.75, 3.05) is 6.54 Å². The first-order valence-electron chi connectivity index (χ1n) is 8.78. The van der Waals surface area contributed by atoms with Gasteiger partial charge in [-0.05, 0) is 37.7 Å². The number of hydrogen-bond donors (Lipinski definition) is 2. The van der Waals surface area contributed by atoms with Gasteiger partial charge < -0.3 is 11.1 Å². The van der Waals surface area contributed by atoms with Crippen LogP contribution in [0, 0.1) is 5.92 Å². The molecule has 0 heterocycles. The molecule has 1 amide bonds. The first-order chi connectivity index (χ1) is 10.7. The third-order valence-electron chi connectivity index (χ3n) is 5.63. The van der Waals surface area contributed by atoms with E-state index in [2.05, 4.69) is 35.6 Å². The van der Waals surface area contributed by atoms with Crippen LogP contribution in [0.3, 0.4) is 0 Å². The highest BCUT2D eigenvalue weighted by Crippen LogP contribution is 2.40. The number of rotatable bonds is 4. The van der Waals surface area contributed by atoms with Gasteiger partial charge in [-0.1, -0.05) is 49.6 Å². The largest absolute Gasteiger partial charge is 0.355 e. The second-order valence-corrected chi connectivity index (χ2v) is 7.19. The zero-order valence-corrected chi connectivity index (χ0v) is 14.6. The van der Waals surface area contributed by atoms with Crippen LogP contribution in [0.15, 0.2) is 30.3 Å². The van der Waals surface area contributed by atoms with Crippen LogP contribution >= 0.6 is 12.4 Å². The minimum atomic E-state index is 0. The maximum atomic E-state index is 12.5. The zero-order valence-electron chi connectivity index (χ0n) is 13.8. The molecule has 3 rings (SSSR count). The number of carbonyl (C=O) groups excluding carboxylic acids is 1. The molecule has 0 saturated heterocycles. The zero-order chi connectivity index (χ0) is 15.4. The van der Waals surface area contributed by atoms with Gasteiger partial charge in [-0.2, -0.15) is 0 Å². The molecule has 2 fully saturated rings. The van der Waals surface area contributed by atoms with Crippen LogP contribution in [0.2, 0.25) is 0 Å². The van der Waals surface area contributed by atoms with Crippen molar-refractivity contribution in [3.63, 3.8) is 0 Å². The smallest absolute Gasteiger partial charge is 0.223 e. The number of halogens is 1. The molecule has 2 saturated carbocycles. The van der Waals surface area contributed by atoms with Gasteiger partial charge in [-0.3, -0.25) is 4.79 Å². The van der Waals surface area contributed by atoms with E-state index in [1.54, 1.807) is 0 Å². The highest BCUT2D eigenvalue weighted by molar-refractivity contribution is 5.85. The SMILES string of the molecule is Cl.NC1CCCC(C(=O)NCC2(c3ccccc3)CCCC2)C1. The Balaban J connectivity index is 0.00000192. The molecule has 23 heavy (non-hydrogen) atoms. The molecule has 1 aromatic carbocycles. The normalized spacial score (nSPS) is 26.3. The van der Waals surface area contributed by atoms with E-state index in [1.165, 1.54) is 31.2 Å². The van der Waals surface area contributed by atoms with E-state index >= 15 is 0 Å². The molecule has 0 radical (unpaired) electrons. The molecule has 4 heteroatoms. The molecule has 0 aliphatic heterocycles. The lowest BCUT2D eigenvalue weighted by Crippen LogP contribution is -2.43. The van der Waals surface area contributed by atoms with Gasteiger partial charge in [0.25, 0.3) is 0 Å². The lowest BCUT2D eigenvalue weighted by molar-refractivity contribution is -0.126. The van der Waals surface area contributed by atoms with Crippen molar-refractivity contribution < 1.29 is 4.79 Å². The lowest BCUT2D eigenvalue weighted by atomic mass is 9.78. The van der Waals surface area contributed by atoms with Crippen molar-refractivity contribution in [2.45, 2.75) is 62.8 Å². The molecule has 0 spiro atoms. The third-order valence-corrected chi connectivity index (χ3v) is 5.63.